The van der Waals surface area contributed by atoms with Gasteiger partial charge in [0.15, 0.2) is 6.23 Å². The van der Waals surface area contributed by atoms with Gasteiger partial charge in [-0.15, -0.1) is 0 Å². The first-order valence-electron chi connectivity index (χ1n) is 8.89. The summed E-state index contributed by atoms with van der Waals surface area (Å²) in [4.78, 5) is 12.2. The summed E-state index contributed by atoms with van der Waals surface area (Å²) in [5, 5.41) is 8.11. The van der Waals surface area contributed by atoms with Gasteiger partial charge in [-0.3, -0.25) is 9.48 Å². The van der Waals surface area contributed by atoms with E-state index in [9.17, 15) is 4.79 Å². The first kappa shape index (κ1) is 17.5. The van der Waals surface area contributed by atoms with Crippen molar-refractivity contribution in [2.75, 3.05) is 13.1 Å². The summed E-state index contributed by atoms with van der Waals surface area (Å²) in [6.07, 6.45) is 6.49. The largest absolute Gasteiger partial charge is 0.469 e. The van der Waals surface area contributed by atoms with Crippen molar-refractivity contribution in [3.05, 3.63) is 36.7 Å². The van der Waals surface area contributed by atoms with E-state index in [2.05, 4.69) is 10.1 Å². The van der Waals surface area contributed by atoms with Gasteiger partial charge in [0.05, 0.1) is 6.20 Å². The maximum Gasteiger partial charge on any atom is 0.236 e. The number of amides is 1. The Hall–Kier alpha value is -2.34. The molecule has 2 aromatic rings. The molecule has 6 heteroatoms. The number of carbonyl (C=O) groups is 1. The first-order valence-corrected chi connectivity index (χ1v) is 8.89. The zero-order valence-corrected chi connectivity index (χ0v) is 15.2. The molecule has 3 rings (SSSR count). The number of ether oxygens (including phenoxy) is 1. The number of hydrazine groups is 1. The Balaban J connectivity index is 1.80. The van der Waals surface area contributed by atoms with Crippen LogP contribution in [0.25, 0.3) is 11.1 Å². The highest BCUT2D eigenvalue weighted by Gasteiger charge is 2.29. The lowest BCUT2D eigenvalue weighted by Crippen LogP contribution is -2.52. The van der Waals surface area contributed by atoms with E-state index in [0.717, 1.165) is 49.2 Å². The number of aryl methyl sites for hydroxylation is 1. The van der Waals surface area contributed by atoms with Crippen LogP contribution in [0.15, 0.2) is 36.7 Å². The van der Waals surface area contributed by atoms with Crippen LogP contribution in [-0.2, 0) is 11.8 Å². The van der Waals surface area contributed by atoms with Crippen molar-refractivity contribution in [2.24, 2.45) is 7.05 Å². The van der Waals surface area contributed by atoms with E-state index in [-0.39, 0.29) is 12.1 Å². The van der Waals surface area contributed by atoms with E-state index in [1.165, 1.54) is 0 Å². The van der Waals surface area contributed by atoms with E-state index in [1.54, 1.807) is 16.6 Å². The molecule has 1 atom stereocenters. The molecule has 1 aromatic heterocycles. The molecule has 1 aromatic carbocycles. The zero-order valence-electron chi connectivity index (χ0n) is 15.2. The molecule has 0 bridgehead atoms. The highest BCUT2D eigenvalue weighted by Crippen LogP contribution is 2.26. The van der Waals surface area contributed by atoms with Crippen molar-refractivity contribution in [2.45, 2.75) is 39.3 Å². The molecule has 0 N–H and O–H groups in total. The van der Waals surface area contributed by atoms with Gasteiger partial charge < -0.3 is 4.74 Å². The second kappa shape index (κ2) is 7.70. The van der Waals surface area contributed by atoms with Crippen molar-refractivity contribution >= 4 is 5.91 Å². The third-order valence-electron chi connectivity index (χ3n) is 4.48. The van der Waals surface area contributed by atoms with Crippen molar-refractivity contribution in [1.82, 2.24) is 19.8 Å². The van der Waals surface area contributed by atoms with Gasteiger partial charge in [0.1, 0.15) is 5.75 Å². The van der Waals surface area contributed by atoms with Crippen LogP contribution in [0.1, 0.15) is 33.1 Å². The first-order chi connectivity index (χ1) is 12.1. The van der Waals surface area contributed by atoms with Crippen LogP contribution in [0, 0.1) is 0 Å². The zero-order chi connectivity index (χ0) is 17.8. The average Bonchev–Trinajstić information content (AvgIpc) is 3.26. The third kappa shape index (κ3) is 4.02. The Kier molecular flexibility index (Phi) is 5.38. The molecular weight excluding hydrogens is 316 g/mol. The predicted octanol–water partition coefficient (Wildman–Crippen LogP) is 3.06. The Morgan fingerprint density at radius 2 is 2.08 bits per heavy atom. The van der Waals surface area contributed by atoms with Gasteiger partial charge >= 0.3 is 0 Å². The molecule has 1 aliphatic rings. The smallest absolute Gasteiger partial charge is 0.236 e. The number of hydrogen-bond acceptors (Lipinski definition) is 4. The molecule has 1 aliphatic heterocycles. The van der Waals surface area contributed by atoms with Gasteiger partial charge in [-0.05, 0) is 30.5 Å². The van der Waals surface area contributed by atoms with Crippen molar-refractivity contribution < 1.29 is 9.53 Å². The quantitative estimate of drug-likeness (QED) is 0.757. The standard InChI is InChI=1S/C19H26N4O2/c1-4-19(23(15(2)24)22-10-5-6-11-22)25-18-9-7-8-16(12-18)17-13-20-21(3)14-17/h7-9,12-14,19H,4-6,10-11H2,1-3H3. The molecule has 2 heterocycles. The van der Waals surface area contributed by atoms with Gasteiger partial charge in [-0.2, -0.15) is 5.10 Å². The van der Waals surface area contributed by atoms with E-state index >= 15 is 0 Å². The molecule has 25 heavy (non-hydrogen) atoms. The van der Waals surface area contributed by atoms with Crippen LogP contribution in [-0.4, -0.2) is 45.0 Å². The second-order valence-corrected chi connectivity index (χ2v) is 6.44. The lowest BCUT2D eigenvalue weighted by atomic mass is 10.1. The van der Waals surface area contributed by atoms with Crippen LogP contribution >= 0.6 is 0 Å². The lowest BCUT2D eigenvalue weighted by Gasteiger charge is -2.36. The predicted molar refractivity (Wildman–Crippen MR) is 96.7 cm³/mol. The van der Waals surface area contributed by atoms with Gasteiger partial charge in [0, 0.05) is 45.2 Å². The molecule has 1 fully saturated rings. The fourth-order valence-corrected chi connectivity index (χ4v) is 3.28. The number of hydrogen-bond donors (Lipinski definition) is 0. The topological polar surface area (TPSA) is 50.6 Å². The van der Waals surface area contributed by atoms with E-state index < -0.39 is 0 Å². The van der Waals surface area contributed by atoms with Crippen LogP contribution in [0.2, 0.25) is 0 Å². The number of rotatable bonds is 6. The van der Waals surface area contributed by atoms with Crippen molar-refractivity contribution in [3.63, 3.8) is 0 Å². The Bertz CT molecular complexity index is 722. The molecular formula is C19H26N4O2. The monoisotopic (exact) mass is 342 g/mol. The molecule has 1 amide bonds. The van der Waals surface area contributed by atoms with Gasteiger partial charge in [0.2, 0.25) is 5.91 Å². The van der Waals surface area contributed by atoms with Gasteiger partial charge in [-0.25, -0.2) is 10.0 Å². The summed E-state index contributed by atoms with van der Waals surface area (Å²) in [6, 6.07) is 7.94. The molecule has 1 saturated heterocycles. The van der Waals surface area contributed by atoms with Gasteiger partial charge in [-0.1, -0.05) is 19.1 Å². The Morgan fingerprint density at radius 3 is 2.68 bits per heavy atom. The van der Waals surface area contributed by atoms with Crippen LogP contribution < -0.4 is 4.74 Å². The summed E-state index contributed by atoms with van der Waals surface area (Å²) in [6.45, 7) is 5.47. The van der Waals surface area contributed by atoms with Crippen LogP contribution in [0.4, 0.5) is 0 Å². The number of nitrogens with zero attached hydrogens (tertiary/aromatic N) is 4. The van der Waals surface area contributed by atoms with Crippen LogP contribution in [0.5, 0.6) is 5.75 Å². The molecule has 0 spiro atoms. The van der Waals surface area contributed by atoms with Crippen LogP contribution in [0.3, 0.4) is 0 Å². The molecule has 6 nitrogen and oxygen atoms in total. The summed E-state index contributed by atoms with van der Waals surface area (Å²) < 4.78 is 7.98. The molecule has 0 saturated carbocycles. The second-order valence-electron chi connectivity index (χ2n) is 6.44. The number of benzene rings is 1. The molecule has 1 unspecified atom stereocenters. The van der Waals surface area contributed by atoms with E-state index in [0.29, 0.717) is 0 Å². The summed E-state index contributed by atoms with van der Waals surface area (Å²) >= 11 is 0. The fraction of sp³-hybridized carbons (Fsp3) is 0.474. The molecule has 0 radical (unpaired) electrons. The lowest BCUT2D eigenvalue weighted by molar-refractivity contribution is -0.166. The Morgan fingerprint density at radius 1 is 1.32 bits per heavy atom. The Labute approximate surface area is 149 Å². The fourth-order valence-electron chi connectivity index (χ4n) is 3.28. The minimum Gasteiger partial charge on any atom is -0.469 e. The molecule has 0 aliphatic carbocycles. The summed E-state index contributed by atoms with van der Waals surface area (Å²) in [7, 11) is 1.90. The average molecular weight is 342 g/mol. The normalized spacial score (nSPS) is 16.0. The maximum atomic E-state index is 12.2. The van der Waals surface area contributed by atoms with E-state index in [1.807, 2.05) is 50.6 Å². The minimum absolute atomic E-state index is 0.0252. The highest BCUT2D eigenvalue weighted by molar-refractivity contribution is 5.73. The van der Waals surface area contributed by atoms with Gasteiger partial charge in [0.25, 0.3) is 0 Å². The summed E-state index contributed by atoms with van der Waals surface area (Å²) in [5.74, 6) is 0.788. The van der Waals surface area contributed by atoms with Crippen molar-refractivity contribution in [3.8, 4) is 16.9 Å². The van der Waals surface area contributed by atoms with Crippen molar-refractivity contribution in [1.29, 1.82) is 0 Å². The minimum atomic E-state index is -0.292. The molecule has 134 valence electrons. The number of carbonyl (C=O) groups excluding carboxylic acids is 1. The number of aromatic nitrogens is 2. The third-order valence-corrected chi connectivity index (χ3v) is 4.48. The van der Waals surface area contributed by atoms with E-state index in [4.69, 9.17) is 4.74 Å². The maximum absolute atomic E-state index is 12.2. The summed E-state index contributed by atoms with van der Waals surface area (Å²) in [5.41, 5.74) is 2.10. The SMILES string of the molecule is CCC(Oc1cccc(-c2cnn(C)c2)c1)N(C(C)=O)N1CCCC1. The highest BCUT2D eigenvalue weighted by atomic mass is 16.5.